The molecule has 2 heterocycles. The number of carbonyl (C=O) groups is 1. The van der Waals surface area contributed by atoms with E-state index in [0.29, 0.717) is 12.4 Å². The SMILES string of the molecule is Cc1nc2cc(-c3nc4ccccc4o3)ccc2n1Cc1ccc(C(=O)O)cc1. The Balaban J connectivity index is 1.51. The fraction of sp³-hybridized carbons (Fsp3) is 0.0870. The van der Waals surface area contributed by atoms with Crippen LogP contribution in [0.25, 0.3) is 33.6 Å². The number of aromatic nitrogens is 3. The van der Waals surface area contributed by atoms with Crippen LogP contribution in [0.2, 0.25) is 0 Å². The molecule has 5 aromatic rings. The number of benzene rings is 3. The lowest BCUT2D eigenvalue weighted by molar-refractivity contribution is 0.0697. The first-order valence-corrected chi connectivity index (χ1v) is 9.23. The molecule has 6 heteroatoms. The summed E-state index contributed by atoms with van der Waals surface area (Å²) in [4.78, 5) is 20.3. The highest BCUT2D eigenvalue weighted by molar-refractivity contribution is 5.87. The maximum absolute atomic E-state index is 11.0. The number of carboxylic acids is 1. The van der Waals surface area contributed by atoms with Crippen molar-refractivity contribution in [3.63, 3.8) is 0 Å². The van der Waals surface area contributed by atoms with E-state index >= 15 is 0 Å². The lowest BCUT2D eigenvalue weighted by Gasteiger charge is -2.08. The van der Waals surface area contributed by atoms with Gasteiger partial charge in [-0.05, 0) is 55.0 Å². The Morgan fingerprint density at radius 1 is 1.00 bits per heavy atom. The standard InChI is InChI=1S/C23H17N3O3/c1-14-24-19-12-17(22-25-18-4-2-3-5-21(18)29-22)10-11-20(19)26(14)13-15-6-8-16(9-7-15)23(27)28/h2-12H,13H2,1H3,(H,27,28). The first-order chi connectivity index (χ1) is 14.1. The number of para-hydroxylation sites is 2. The van der Waals surface area contributed by atoms with Gasteiger partial charge < -0.3 is 14.1 Å². The molecule has 5 rings (SSSR count). The van der Waals surface area contributed by atoms with Gasteiger partial charge in [0.2, 0.25) is 5.89 Å². The summed E-state index contributed by atoms with van der Waals surface area (Å²) in [7, 11) is 0. The van der Waals surface area contributed by atoms with Gasteiger partial charge in [0.15, 0.2) is 5.58 Å². The van der Waals surface area contributed by atoms with E-state index in [4.69, 9.17) is 14.5 Å². The molecule has 0 spiro atoms. The highest BCUT2D eigenvalue weighted by atomic mass is 16.4. The molecular weight excluding hydrogens is 366 g/mol. The highest BCUT2D eigenvalue weighted by Crippen LogP contribution is 2.27. The summed E-state index contributed by atoms with van der Waals surface area (Å²) in [6.45, 7) is 2.58. The molecule has 0 saturated carbocycles. The molecule has 0 bridgehead atoms. The molecule has 0 amide bonds. The van der Waals surface area contributed by atoms with E-state index in [1.807, 2.05) is 61.5 Å². The summed E-state index contributed by atoms with van der Waals surface area (Å²) >= 11 is 0. The largest absolute Gasteiger partial charge is 0.478 e. The Kier molecular flexibility index (Phi) is 3.91. The number of fused-ring (bicyclic) bond motifs is 2. The fourth-order valence-corrected chi connectivity index (χ4v) is 3.51. The predicted octanol–water partition coefficient (Wildman–Crippen LogP) is 4.90. The number of carboxylic acid groups (broad SMARTS) is 1. The van der Waals surface area contributed by atoms with Gasteiger partial charge in [-0.25, -0.2) is 14.8 Å². The van der Waals surface area contributed by atoms with Gasteiger partial charge in [0.25, 0.3) is 0 Å². The molecule has 29 heavy (non-hydrogen) atoms. The molecule has 3 aromatic carbocycles. The first kappa shape index (κ1) is 17.2. The van der Waals surface area contributed by atoms with Crippen molar-refractivity contribution in [3.8, 4) is 11.5 Å². The second-order valence-corrected chi connectivity index (χ2v) is 6.94. The monoisotopic (exact) mass is 383 g/mol. The molecule has 0 radical (unpaired) electrons. The van der Waals surface area contributed by atoms with Crippen molar-refractivity contribution in [1.29, 1.82) is 0 Å². The minimum atomic E-state index is -0.924. The van der Waals surface area contributed by atoms with Crippen LogP contribution in [0.5, 0.6) is 0 Å². The van der Waals surface area contributed by atoms with Gasteiger partial charge in [0.05, 0.1) is 16.6 Å². The van der Waals surface area contributed by atoms with Gasteiger partial charge in [0.1, 0.15) is 11.3 Å². The molecule has 0 aliphatic heterocycles. The van der Waals surface area contributed by atoms with Gasteiger partial charge in [-0.3, -0.25) is 0 Å². The third kappa shape index (κ3) is 3.04. The van der Waals surface area contributed by atoms with E-state index < -0.39 is 5.97 Å². The normalized spacial score (nSPS) is 11.3. The topological polar surface area (TPSA) is 81.2 Å². The van der Waals surface area contributed by atoms with Crippen LogP contribution in [0.15, 0.2) is 71.1 Å². The van der Waals surface area contributed by atoms with Crippen LogP contribution in [-0.4, -0.2) is 25.6 Å². The number of aryl methyl sites for hydroxylation is 1. The van der Waals surface area contributed by atoms with Crippen molar-refractivity contribution in [2.24, 2.45) is 0 Å². The second kappa shape index (κ2) is 6.60. The number of aromatic carboxylic acids is 1. The van der Waals surface area contributed by atoms with Gasteiger partial charge in [-0.2, -0.15) is 0 Å². The van der Waals surface area contributed by atoms with Gasteiger partial charge in [-0.1, -0.05) is 24.3 Å². The zero-order chi connectivity index (χ0) is 20.0. The van der Waals surface area contributed by atoms with E-state index in [1.54, 1.807) is 12.1 Å². The maximum Gasteiger partial charge on any atom is 0.335 e. The van der Waals surface area contributed by atoms with Gasteiger partial charge in [-0.15, -0.1) is 0 Å². The molecule has 2 aromatic heterocycles. The average molecular weight is 383 g/mol. The average Bonchev–Trinajstić information content (AvgIpc) is 3.29. The number of oxazole rings is 1. The fourth-order valence-electron chi connectivity index (χ4n) is 3.51. The summed E-state index contributed by atoms with van der Waals surface area (Å²) in [5, 5.41) is 9.06. The van der Waals surface area contributed by atoms with Crippen molar-refractivity contribution >= 4 is 28.1 Å². The van der Waals surface area contributed by atoms with Crippen LogP contribution >= 0.6 is 0 Å². The minimum Gasteiger partial charge on any atom is -0.478 e. The molecule has 142 valence electrons. The predicted molar refractivity (Wildman–Crippen MR) is 110 cm³/mol. The molecule has 0 saturated heterocycles. The van der Waals surface area contributed by atoms with Crippen molar-refractivity contribution in [3.05, 3.63) is 83.7 Å². The third-order valence-corrected chi connectivity index (χ3v) is 5.02. The molecule has 0 aliphatic rings. The molecule has 0 fully saturated rings. The smallest absolute Gasteiger partial charge is 0.335 e. The lowest BCUT2D eigenvalue weighted by Crippen LogP contribution is -2.03. The lowest BCUT2D eigenvalue weighted by atomic mass is 10.1. The Morgan fingerprint density at radius 2 is 1.79 bits per heavy atom. The van der Waals surface area contributed by atoms with Crippen LogP contribution in [0.1, 0.15) is 21.7 Å². The van der Waals surface area contributed by atoms with Crippen LogP contribution < -0.4 is 0 Å². The van der Waals surface area contributed by atoms with E-state index in [2.05, 4.69) is 9.55 Å². The number of nitrogens with zero attached hydrogens (tertiary/aromatic N) is 3. The first-order valence-electron chi connectivity index (χ1n) is 9.23. The van der Waals surface area contributed by atoms with Crippen molar-refractivity contribution in [2.45, 2.75) is 13.5 Å². The van der Waals surface area contributed by atoms with E-state index in [9.17, 15) is 4.79 Å². The summed E-state index contributed by atoms with van der Waals surface area (Å²) in [6, 6.07) is 20.6. The zero-order valence-electron chi connectivity index (χ0n) is 15.7. The number of imidazole rings is 1. The van der Waals surface area contributed by atoms with Crippen molar-refractivity contribution < 1.29 is 14.3 Å². The molecular formula is C23H17N3O3. The second-order valence-electron chi connectivity index (χ2n) is 6.94. The van der Waals surface area contributed by atoms with Crippen LogP contribution in [0.3, 0.4) is 0 Å². The summed E-state index contributed by atoms with van der Waals surface area (Å²) in [5.74, 6) is 0.536. The Bertz CT molecular complexity index is 1330. The van der Waals surface area contributed by atoms with Crippen LogP contribution in [0, 0.1) is 6.92 Å². The summed E-state index contributed by atoms with van der Waals surface area (Å²) in [5.41, 5.74) is 5.63. The number of hydrogen-bond donors (Lipinski definition) is 1. The van der Waals surface area contributed by atoms with Crippen LogP contribution in [-0.2, 0) is 6.54 Å². The molecule has 1 N–H and O–H groups in total. The Hall–Kier alpha value is -3.93. The van der Waals surface area contributed by atoms with Crippen molar-refractivity contribution in [2.75, 3.05) is 0 Å². The maximum atomic E-state index is 11.0. The van der Waals surface area contributed by atoms with Gasteiger partial charge >= 0.3 is 5.97 Å². The zero-order valence-corrected chi connectivity index (χ0v) is 15.7. The summed E-state index contributed by atoms with van der Waals surface area (Å²) < 4.78 is 7.98. The van der Waals surface area contributed by atoms with Crippen LogP contribution in [0.4, 0.5) is 0 Å². The molecule has 0 aliphatic carbocycles. The summed E-state index contributed by atoms with van der Waals surface area (Å²) in [6.07, 6.45) is 0. The van der Waals surface area contributed by atoms with E-state index in [-0.39, 0.29) is 5.56 Å². The number of rotatable bonds is 4. The minimum absolute atomic E-state index is 0.281. The Labute approximate surface area is 166 Å². The molecule has 6 nitrogen and oxygen atoms in total. The Morgan fingerprint density at radius 3 is 2.55 bits per heavy atom. The number of hydrogen-bond acceptors (Lipinski definition) is 4. The van der Waals surface area contributed by atoms with E-state index in [0.717, 1.165) is 39.1 Å². The molecule has 0 unspecified atom stereocenters. The third-order valence-electron chi connectivity index (χ3n) is 5.02. The highest BCUT2D eigenvalue weighted by Gasteiger charge is 2.13. The molecule has 0 atom stereocenters. The van der Waals surface area contributed by atoms with Crippen molar-refractivity contribution in [1.82, 2.24) is 14.5 Å². The van der Waals surface area contributed by atoms with Gasteiger partial charge in [0, 0.05) is 12.1 Å². The quantitative estimate of drug-likeness (QED) is 0.477. The van der Waals surface area contributed by atoms with E-state index in [1.165, 1.54) is 0 Å².